The smallest absolute Gasteiger partial charge is 0.363 e. The Morgan fingerprint density at radius 1 is 1.43 bits per heavy atom. The molecule has 0 radical (unpaired) electrons. The molecule has 1 aromatic carbocycles. The fourth-order valence-electron chi connectivity index (χ4n) is 2.02. The molecule has 1 aromatic rings. The van der Waals surface area contributed by atoms with Crippen LogP contribution >= 0.6 is 11.6 Å². The van der Waals surface area contributed by atoms with Crippen LogP contribution in [0, 0.1) is 0 Å². The second kappa shape index (κ2) is 5.93. The van der Waals surface area contributed by atoms with Gasteiger partial charge in [-0.05, 0) is 24.6 Å². The van der Waals surface area contributed by atoms with E-state index in [9.17, 15) is 18.0 Å². The molecule has 0 unspecified atom stereocenters. The Morgan fingerprint density at radius 3 is 2.71 bits per heavy atom. The molecule has 2 amide bonds. The number of hydrogen-bond acceptors (Lipinski definition) is 1. The lowest BCUT2D eigenvalue weighted by Gasteiger charge is -2.12. The molecule has 0 spiro atoms. The highest BCUT2D eigenvalue weighted by Crippen LogP contribution is 2.36. The molecule has 1 saturated heterocycles. The maximum atomic E-state index is 12.7. The average molecular weight is 320 g/mol. The third kappa shape index (κ3) is 3.87. The van der Waals surface area contributed by atoms with Gasteiger partial charge in [0.05, 0.1) is 10.6 Å². The van der Waals surface area contributed by atoms with Crippen LogP contribution in [-0.2, 0) is 6.18 Å². The zero-order valence-electron chi connectivity index (χ0n) is 11.2. The van der Waals surface area contributed by atoms with Crippen LogP contribution in [0.15, 0.2) is 23.2 Å². The van der Waals surface area contributed by atoms with Crippen LogP contribution in [0.3, 0.4) is 0 Å². The molecule has 1 fully saturated rings. The van der Waals surface area contributed by atoms with E-state index in [0.29, 0.717) is 12.3 Å². The number of likely N-dealkylation sites (tertiary alicyclic amines) is 1. The van der Waals surface area contributed by atoms with Crippen molar-refractivity contribution in [1.29, 1.82) is 0 Å². The number of nitrogens with one attached hydrogen (secondary N) is 1. The van der Waals surface area contributed by atoms with Gasteiger partial charge in [-0.1, -0.05) is 11.6 Å². The quantitative estimate of drug-likeness (QED) is 0.850. The third-order valence-electron chi connectivity index (χ3n) is 3.09. The van der Waals surface area contributed by atoms with Gasteiger partial charge in [-0.15, -0.1) is 0 Å². The van der Waals surface area contributed by atoms with E-state index in [-0.39, 0.29) is 5.69 Å². The number of urea groups is 1. The summed E-state index contributed by atoms with van der Waals surface area (Å²) in [6.07, 6.45) is -2.99. The maximum absolute atomic E-state index is 12.7. The van der Waals surface area contributed by atoms with E-state index in [4.69, 9.17) is 11.6 Å². The molecule has 1 N–H and O–H groups in total. The molecule has 0 bridgehead atoms. The summed E-state index contributed by atoms with van der Waals surface area (Å²) in [5.74, 6) is 0.623. The second-order valence-corrected chi connectivity index (χ2v) is 5.08. The summed E-state index contributed by atoms with van der Waals surface area (Å²) < 4.78 is 38.1. The van der Waals surface area contributed by atoms with E-state index in [1.165, 1.54) is 6.07 Å². The first-order valence-corrected chi connectivity index (χ1v) is 6.61. The van der Waals surface area contributed by atoms with Gasteiger partial charge in [0.15, 0.2) is 0 Å². The molecule has 21 heavy (non-hydrogen) atoms. The standard InChI is InChI=1S/C13H13ClF3N3O/c1-20-6-2-3-11(20)19-12(21)18-8-4-5-10(14)9(7-8)13(15,16)17/h4-5,7H,2-3,6H2,1H3,(H,18,21). The number of alkyl halides is 3. The van der Waals surface area contributed by atoms with E-state index in [1.54, 1.807) is 0 Å². The number of carbonyl (C=O) groups is 1. The minimum Gasteiger partial charge on any atom is -0.363 e. The predicted octanol–water partition coefficient (Wildman–Crippen LogP) is 4.01. The molecule has 114 valence electrons. The molecule has 2 rings (SSSR count). The summed E-state index contributed by atoms with van der Waals surface area (Å²) in [6, 6.07) is 2.48. The van der Waals surface area contributed by atoms with Crippen LogP contribution < -0.4 is 5.32 Å². The first-order chi connectivity index (χ1) is 9.77. The van der Waals surface area contributed by atoms with Crippen molar-refractivity contribution in [2.45, 2.75) is 19.0 Å². The van der Waals surface area contributed by atoms with Gasteiger partial charge in [0.1, 0.15) is 5.84 Å². The van der Waals surface area contributed by atoms with Crippen molar-refractivity contribution in [3.8, 4) is 0 Å². The normalized spacial score (nSPS) is 17.4. The lowest BCUT2D eigenvalue weighted by Crippen LogP contribution is -2.21. The molecule has 1 aliphatic heterocycles. The van der Waals surface area contributed by atoms with Crippen LogP contribution in [-0.4, -0.2) is 30.4 Å². The second-order valence-electron chi connectivity index (χ2n) is 4.68. The van der Waals surface area contributed by atoms with Crippen LogP contribution in [0.5, 0.6) is 0 Å². The van der Waals surface area contributed by atoms with Gasteiger partial charge in [0, 0.05) is 25.7 Å². The molecular weight excluding hydrogens is 307 g/mol. The third-order valence-corrected chi connectivity index (χ3v) is 3.42. The molecule has 0 saturated carbocycles. The van der Waals surface area contributed by atoms with Crippen LogP contribution in [0.4, 0.5) is 23.7 Å². The van der Waals surface area contributed by atoms with Crippen molar-refractivity contribution >= 4 is 29.2 Å². The van der Waals surface area contributed by atoms with Gasteiger partial charge in [0.25, 0.3) is 0 Å². The number of halogens is 4. The number of amidine groups is 1. The fraction of sp³-hybridized carbons (Fsp3) is 0.385. The van der Waals surface area contributed by atoms with E-state index < -0.39 is 22.8 Å². The van der Waals surface area contributed by atoms with Crippen LogP contribution in [0.25, 0.3) is 0 Å². The number of aliphatic imine (C=N–C) groups is 1. The zero-order chi connectivity index (χ0) is 15.6. The SMILES string of the molecule is CN1CCCC1=NC(=O)Nc1ccc(Cl)c(C(F)(F)F)c1. The largest absolute Gasteiger partial charge is 0.417 e. The monoisotopic (exact) mass is 319 g/mol. The minimum atomic E-state index is -4.57. The molecule has 0 aliphatic carbocycles. The highest BCUT2D eigenvalue weighted by molar-refractivity contribution is 6.31. The fourth-order valence-corrected chi connectivity index (χ4v) is 2.25. The number of anilines is 1. The lowest BCUT2D eigenvalue weighted by molar-refractivity contribution is -0.137. The Kier molecular flexibility index (Phi) is 4.41. The maximum Gasteiger partial charge on any atom is 0.417 e. The summed E-state index contributed by atoms with van der Waals surface area (Å²) in [5, 5.41) is 1.90. The van der Waals surface area contributed by atoms with Gasteiger partial charge in [-0.2, -0.15) is 18.2 Å². The minimum absolute atomic E-state index is 0.00160. The zero-order valence-corrected chi connectivity index (χ0v) is 11.9. The van der Waals surface area contributed by atoms with Crippen LogP contribution in [0.2, 0.25) is 5.02 Å². The molecular formula is C13H13ClF3N3O. The van der Waals surface area contributed by atoms with Crippen molar-refractivity contribution in [3.63, 3.8) is 0 Å². The number of amides is 2. The predicted molar refractivity (Wildman–Crippen MR) is 74.8 cm³/mol. The van der Waals surface area contributed by atoms with E-state index in [1.807, 2.05) is 11.9 Å². The highest BCUT2D eigenvalue weighted by Gasteiger charge is 2.33. The summed E-state index contributed by atoms with van der Waals surface area (Å²) in [7, 11) is 1.81. The highest BCUT2D eigenvalue weighted by atomic mass is 35.5. The van der Waals surface area contributed by atoms with Crippen molar-refractivity contribution in [3.05, 3.63) is 28.8 Å². The van der Waals surface area contributed by atoms with Crippen molar-refractivity contribution < 1.29 is 18.0 Å². The number of nitrogens with zero attached hydrogens (tertiary/aromatic N) is 2. The van der Waals surface area contributed by atoms with Gasteiger partial charge in [-0.3, -0.25) is 0 Å². The lowest BCUT2D eigenvalue weighted by atomic mass is 10.2. The molecule has 1 heterocycles. The van der Waals surface area contributed by atoms with Gasteiger partial charge >= 0.3 is 12.2 Å². The van der Waals surface area contributed by atoms with Crippen molar-refractivity contribution in [2.75, 3.05) is 18.9 Å². The summed E-state index contributed by atoms with van der Waals surface area (Å²) in [6.45, 7) is 0.811. The molecule has 8 heteroatoms. The number of carbonyl (C=O) groups excluding carboxylic acids is 1. The Balaban J connectivity index is 2.15. The van der Waals surface area contributed by atoms with E-state index >= 15 is 0 Å². The first-order valence-electron chi connectivity index (χ1n) is 6.24. The van der Waals surface area contributed by atoms with E-state index in [2.05, 4.69) is 10.3 Å². The molecule has 4 nitrogen and oxygen atoms in total. The summed E-state index contributed by atoms with van der Waals surface area (Å²) in [5.41, 5.74) is -0.991. The summed E-state index contributed by atoms with van der Waals surface area (Å²) in [4.78, 5) is 17.4. The topological polar surface area (TPSA) is 44.7 Å². The Bertz CT molecular complexity index is 587. The Morgan fingerprint density at radius 2 is 2.14 bits per heavy atom. The van der Waals surface area contributed by atoms with Crippen LogP contribution in [0.1, 0.15) is 18.4 Å². The molecule has 0 atom stereocenters. The van der Waals surface area contributed by atoms with Crippen molar-refractivity contribution in [2.24, 2.45) is 4.99 Å². The number of hydrogen-bond donors (Lipinski definition) is 1. The summed E-state index contributed by atoms with van der Waals surface area (Å²) >= 11 is 5.51. The Hall–Kier alpha value is -1.76. The first kappa shape index (κ1) is 15.6. The molecule has 0 aromatic heterocycles. The van der Waals surface area contributed by atoms with Gasteiger partial charge in [-0.25, -0.2) is 4.79 Å². The van der Waals surface area contributed by atoms with Gasteiger partial charge in [0.2, 0.25) is 0 Å². The van der Waals surface area contributed by atoms with Gasteiger partial charge < -0.3 is 10.2 Å². The van der Waals surface area contributed by atoms with E-state index in [0.717, 1.165) is 25.1 Å². The molecule has 1 aliphatic rings. The Labute approximate surface area is 124 Å². The average Bonchev–Trinajstić information content (AvgIpc) is 2.76. The van der Waals surface area contributed by atoms with Crippen molar-refractivity contribution in [1.82, 2.24) is 4.90 Å². The number of rotatable bonds is 1. The number of benzene rings is 1.